The Kier molecular flexibility index (Phi) is 6.92. The third-order valence-electron chi connectivity index (χ3n) is 9.70. The summed E-state index contributed by atoms with van der Waals surface area (Å²) in [6.45, 7) is 3.84. The highest BCUT2D eigenvalue weighted by Crippen LogP contribution is 2.68. The number of fused-ring (bicyclic) bond motifs is 9. The van der Waals surface area contributed by atoms with Crippen LogP contribution in [0.3, 0.4) is 0 Å². The predicted molar refractivity (Wildman–Crippen MR) is 160 cm³/mol. The summed E-state index contributed by atoms with van der Waals surface area (Å²) in [6, 6.07) is 14.5. The van der Waals surface area contributed by atoms with Crippen molar-refractivity contribution < 1.29 is 29.0 Å². The number of aromatic nitrogens is 1. The van der Waals surface area contributed by atoms with Crippen molar-refractivity contribution in [1.82, 2.24) is 9.88 Å². The SMILES string of the molecule is COc1cc([C@H]2c3sc(=O)[nH]c3SC3C4CC(C5C(=O)N(C(C(=O)O)C(C)C)C(=O)C45)C32)ccc1OCc1ccccc1. The van der Waals surface area contributed by atoms with Crippen LogP contribution in [-0.4, -0.2) is 51.2 Å². The number of likely N-dealkylation sites (tertiary alicyclic amines) is 1. The van der Waals surface area contributed by atoms with Crippen molar-refractivity contribution in [2.75, 3.05) is 7.11 Å². The molecule has 2 N–H and O–H groups in total. The fourth-order valence-electron chi connectivity index (χ4n) is 8.11. The topological polar surface area (TPSA) is 126 Å². The van der Waals surface area contributed by atoms with E-state index in [1.54, 1.807) is 32.7 Å². The van der Waals surface area contributed by atoms with E-state index in [1.165, 1.54) is 11.3 Å². The second-order valence-electron chi connectivity index (χ2n) is 12.2. The molecule has 1 aromatic heterocycles. The highest BCUT2D eigenvalue weighted by Gasteiger charge is 2.70. The molecule has 1 saturated heterocycles. The van der Waals surface area contributed by atoms with E-state index in [-0.39, 0.29) is 45.6 Å². The molecule has 7 unspecified atom stereocenters. The van der Waals surface area contributed by atoms with Gasteiger partial charge >= 0.3 is 10.8 Å². The normalized spacial score (nSPS) is 29.4. The summed E-state index contributed by atoms with van der Waals surface area (Å²) in [5.41, 5.74) is 1.99. The van der Waals surface area contributed by atoms with Gasteiger partial charge in [-0.3, -0.25) is 19.3 Å². The number of nitrogens with one attached hydrogen (secondary N) is 1. The molecule has 43 heavy (non-hydrogen) atoms. The van der Waals surface area contributed by atoms with Crippen LogP contribution in [0.4, 0.5) is 0 Å². The maximum absolute atomic E-state index is 13.9. The van der Waals surface area contributed by atoms with Gasteiger partial charge < -0.3 is 19.6 Å². The lowest BCUT2D eigenvalue weighted by atomic mass is 9.68. The smallest absolute Gasteiger partial charge is 0.327 e. The van der Waals surface area contributed by atoms with Crippen LogP contribution < -0.4 is 14.3 Å². The minimum atomic E-state index is -1.18. The van der Waals surface area contributed by atoms with Gasteiger partial charge in [0.25, 0.3) is 0 Å². The van der Waals surface area contributed by atoms with Crippen LogP contribution in [0.25, 0.3) is 0 Å². The van der Waals surface area contributed by atoms with E-state index in [4.69, 9.17) is 9.47 Å². The zero-order valence-electron chi connectivity index (χ0n) is 23.9. The number of carbonyl (C=O) groups excluding carboxylic acids is 2. The monoisotopic (exact) mass is 620 g/mol. The van der Waals surface area contributed by atoms with E-state index >= 15 is 0 Å². The van der Waals surface area contributed by atoms with Gasteiger partial charge in [-0.25, -0.2) is 4.79 Å². The lowest BCUT2D eigenvalue weighted by molar-refractivity contribution is -0.157. The number of benzene rings is 2. The molecule has 3 heterocycles. The Hall–Kier alpha value is -3.57. The molecule has 2 bridgehead atoms. The molecule has 2 aliphatic carbocycles. The Morgan fingerprint density at radius 2 is 1.77 bits per heavy atom. The molecule has 3 aromatic rings. The van der Waals surface area contributed by atoms with E-state index in [2.05, 4.69) is 4.98 Å². The molecule has 224 valence electrons. The number of thiazole rings is 1. The van der Waals surface area contributed by atoms with Crippen molar-refractivity contribution >= 4 is 40.9 Å². The molecule has 2 aromatic carbocycles. The number of nitrogens with zero attached hydrogens (tertiary/aromatic N) is 1. The van der Waals surface area contributed by atoms with Crippen molar-refractivity contribution in [2.24, 2.45) is 35.5 Å². The van der Waals surface area contributed by atoms with Crippen LogP contribution in [0.5, 0.6) is 11.5 Å². The average Bonchev–Trinajstić information content (AvgIpc) is 3.72. The summed E-state index contributed by atoms with van der Waals surface area (Å²) in [4.78, 5) is 57.3. The summed E-state index contributed by atoms with van der Waals surface area (Å²) in [7, 11) is 1.60. The first kappa shape index (κ1) is 28.2. The Morgan fingerprint density at radius 3 is 2.44 bits per heavy atom. The minimum Gasteiger partial charge on any atom is -0.493 e. The molecule has 2 amide bonds. The van der Waals surface area contributed by atoms with Gasteiger partial charge in [-0.05, 0) is 53.4 Å². The number of H-pyrrole nitrogens is 1. The number of imide groups is 1. The predicted octanol–water partition coefficient (Wildman–Crippen LogP) is 4.61. The number of amides is 2. The fraction of sp³-hybridized carbons (Fsp3) is 0.438. The quantitative estimate of drug-likeness (QED) is 0.350. The maximum atomic E-state index is 13.9. The van der Waals surface area contributed by atoms with Crippen LogP contribution in [0.2, 0.25) is 0 Å². The van der Waals surface area contributed by atoms with E-state index in [0.717, 1.165) is 32.4 Å². The first-order valence-electron chi connectivity index (χ1n) is 14.5. The number of hydrogen-bond acceptors (Lipinski definition) is 8. The van der Waals surface area contributed by atoms with E-state index in [1.807, 2.05) is 48.5 Å². The van der Waals surface area contributed by atoms with Crippen LogP contribution in [0.15, 0.2) is 58.4 Å². The Labute approximate surface area is 256 Å². The standard InChI is InChI=1S/C32H32N2O7S2/c1-14(2)25(31(37)38)34-29(35)23-17-12-18(24(23)30(34)36)26-22(17)21(27-28(42-26)33-32(39)43-27)16-9-10-19(20(11-16)40-3)41-13-15-7-5-4-6-8-15/h4-11,14,17-18,21-26H,12-13H2,1-3H3,(H,33,39)(H,37,38)/t17?,18?,21-,22?,23?,24?,25?,26?/m1/s1. The lowest BCUT2D eigenvalue weighted by Crippen LogP contribution is -2.49. The van der Waals surface area contributed by atoms with Gasteiger partial charge in [-0.2, -0.15) is 0 Å². The highest BCUT2D eigenvalue weighted by molar-refractivity contribution is 8.00. The third kappa shape index (κ3) is 4.34. The average molecular weight is 621 g/mol. The molecule has 3 fully saturated rings. The molecule has 0 spiro atoms. The van der Waals surface area contributed by atoms with Crippen LogP contribution in [0, 0.1) is 35.5 Å². The number of aromatic amines is 1. The third-order valence-corrected chi connectivity index (χ3v) is 12.3. The van der Waals surface area contributed by atoms with Gasteiger partial charge in [0.05, 0.1) is 24.0 Å². The summed E-state index contributed by atoms with van der Waals surface area (Å²) >= 11 is 2.79. The van der Waals surface area contributed by atoms with Crippen molar-refractivity contribution in [1.29, 1.82) is 0 Å². The molecule has 4 aliphatic rings. The number of ether oxygens (including phenoxy) is 2. The van der Waals surface area contributed by atoms with Crippen LogP contribution in [0.1, 0.15) is 42.2 Å². The molecule has 11 heteroatoms. The lowest BCUT2D eigenvalue weighted by Gasteiger charge is -2.43. The van der Waals surface area contributed by atoms with Gasteiger partial charge in [0.15, 0.2) is 11.5 Å². The number of carbonyl (C=O) groups is 3. The summed E-state index contributed by atoms with van der Waals surface area (Å²) in [5.74, 6) is -2.54. The van der Waals surface area contributed by atoms with E-state index in [9.17, 15) is 24.3 Å². The van der Waals surface area contributed by atoms with Gasteiger partial charge in [0.1, 0.15) is 12.6 Å². The van der Waals surface area contributed by atoms with Crippen LogP contribution >= 0.6 is 23.1 Å². The first-order valence-corrected chi connectivity index (χ1v) is 16.2. The van der Waals surface area contributed by atoms with Gasteiger partial charge in [0, 0.05) is 16.0 Å². The maximum Gasteiger partial charge on any atom is 0.327 e. The van der Waals surface area contributed by atoms with Gasteiger partial charge in [0.2, 0.25) is 11.8 Å². The minimum absolute atomic E-state index is 0.00461. The number of methoxy groups -OCH3 is 1. The van der Waals surface area contributed by atoms with Gasteiger partial charge in [-0.1, -0.05) is 61.6 Å². The van der Waals surface area contributed by atoms with Crippen LogP contribution in [-0.2, 0) is 21.0 Å². The second kappa shape index (κ2) is 10.6. The highest BCUT2D eigenvalue weighted by atomic mass is 32.2. The summed E-state index contributed by atoms with van der Waals surface area (Å²) in [5, 5.41) is 10.8. The van der Waals surface area contributed by atoms with Crippen molar-refractivity contribution in [3.63, 3.8) is 0 Å². The molecule has 0 radical (unpaired) electrons. The zero-order chi connectivity index (χ0) is 30.2. The number of thioether (sulfide) groups is 1. The zero-order valence-corrected chi connectivity index (χ0v) is 25.5. The number of aliphatic carboxylic acids is 1. The summed E-state index contributed by atoms with van der Waals surface area (Å²) in [6.07, 6.45) is 0.730. The number of hydrogen-bond donors (Lipinski definition) is 2. The van der Waals surface area contributed by atoms with E-state index < -0.39 is 29.8 Å². The van der Waals surface area contributed by atoms with Gasteiger partial charge in [-0.15, -0.1) is 11.8 Å². The van der Waals surface area contributed by atoms with Crippen molar-refractivity contribution in [2.45, 2.75) is 49.1 Å². The molecular weight excluding hydrogens is 588 g/mol. The molecule has 2 saturated carbocycles. The molecule has 8 atom stereocenters. The Morgan fingerprint density at radius 1 is 1.05 bits per heavy atom. The molecule has 2 aliphatic heterocycles. The van der Waals surface area contributed by atoms with E-state index in [0.29, 0.717) is 18.1 Å². The Bertz CT molecular complexity index is 1670. The fourth-order valence-corrected chi connectivity index (χ4v) is 11.0. The largest absolute Gasteiger partial charge is 0.493 e. The van der Waals surface area contributed by atoms with Crippen molar-refractivity contribution in [3.8, 4) is 11.5 Å². The molecular formula is C32H32N2O7S2. The first-order chi connectivity index (χ1) is 20.7. The summed E-state index contributed by atoms with van der Waals surface area (Å²) < 4.78 is 11.9. The Balaban J connectivity index is 1.25. The molecule has 7 rings (SSSR count). The molecule has 9 nitrogen and oxygen atoms in total. The number of carboxylic acids is 1. The van der Waals surface area contributed by atoms with Crippen molar-refractivity contribution in [3.05, 3.63) is 74.2 Å². The number of carboxylic acid groups (broad SMARTS) is 1. The second-order valence-corrected chi connectivity index (χ2v) is 14.4. The number of rotatable bonds is 8.